The lowest BCUT2D eigenvalue weighted by atomic mass is 10.1. The average molecular weight is 164 g/mol. The zero-order chi connectivity index (χ0) is 8.97. The molecule has 1 rings (SSSR count). The lowest BCUT2D eigenvalue weighted by Crippen LogP contribution is -1.83. The van der Waals surface area contributed by atoms with Gasteiger partial charge in [0, 0.05) is 0 Å². The van der Waals surface area contributed by atoms with Crippen LogP contribution >= 0.6 is 0 Å². The van der Waals surface area contributed by atoms with E-state index in [0.29, 0.717) is 5.57 Å². The molecule has 0 radical (unpaired) electrons. The van der Waals surface area contributed by atoms with Gasteiger partial charge in [0.1, 0.15) is 0 Å². The normalized spacial score (nSPS) is 12.2. The van der Waals surface area contributed by atoms with Gasteiger partial charge in [-0.1, -0.05) is 30.3 Å². The molecule has 2 heteroatoms. The number of allylic oxidation sites excluding steroid dienone is 2. The topological polar surface area (TPSA) is 17.1 Å². The van der Waals surface area contributed by atoms with Crippen molar-refractivity contribution in [1.82, 2.24) is 0 Å². The van der Waals surface area contributed by atoms with E-state index in [-0.39, 0.29) is 6.29 Å². The van der Waals surface area contributed by atoms with Crippen LogP contribution in [0.5, 0.6) is 0 Å². The van der Waals surface area contributed by atoms with E-state index in [0.717, 1.165) is 5.56 Å². The number of hydrogen-bond acceptors (Lipinski definition) is 1. The van der Waals surface area contributed by atoms with Crippen LogP contribution in [0.1, 0.15) is 12.5 Å². The van der Waals surface area contributed by atoms with Crippen LogP contribution in [0.3, 0.4) is 0 Å². The minimum Gasteiger partial charge on any atom is -0.295 e. The van der Waals surface area contributed by atoms with Crippen molar-refractivity contribution in [3.05, 3.63) is 41.7 Å². The summed E-state index contributed by atoms with van der Waals surface area (Å²) >= 11 is 0. The van der Waals surface area contributed by atoms with E-state index < -0.39 is 5.83 Å². The molecule has 62 valence electrons. The fourth-order valence-corrected chi connectivity index (χ4v) is 0.914. The Morgan fingerprint density at radius 2 is 1.92 bits per heavy atom. The summed E-state index contributed by atoms with van der Waals surface area (Å²) in [5, 5.41) is 0. The van der Waals surface area contributed by atoms with Gasteiger partial charge in [0.05, 0.1) is 0 Å². The summed E-state index contributed by atoms with van der Waals surface area (Å²) in [6.45, 7) is 1.58. The first kappa shape index (κ1) is 8.65. The highest BCUT2D eigenvalue weighted by molar-refractivity contribution is 5.84. The molecule has 0 aliphatic rings. The third-order valence-electron chi connectivity index (χ3n) is 1.67. The maximum Gasteiger partial charge on any atom is 0.178 e. The smallest absolute Gasteiger partial charge is 0.178 e. The van der Waals surface area contributed by atoms with E-state index in [1.54, 1.807) is 31.2 Å². The Hall–Kier alpha value is -1.44. The van der Waals surface area contributed by atoms with Crippen LogP contribution in [0, 0.1) is 0 Å². The molecule has 12 heavy (non-hydrogen) atoms. The lowest BCUT2D eigenvalue weighted by molar-refractivity contribution is -0.106. The van der Waals surface area contributed by atoms with Gasteiger partial charge in [-0.15, -0.1) is 0 Å². The second kappa shape index (κ2) is 3.81. The van der Waals surface area contributed by atoms with Gasteiger partial charge in [-0.3, -0.25) is 4.79 Å². The minimum atomic E-state index is -0.707. The van der Waals surface area contributed by atoms with Crippen LogP contribution in [-0.2, 0) is 4.79 Å². The van der Waals surface area contributed by atoms with Gasteiger partial charge in [0.2, 0.25) is 0 Å². The number of carbonyl (C=O) groups excluding carboxylic acids is 1. The fourth-order valence-electron chi connectivity index (χ4n) is 0.914. The van der Waals surface area contributed by atoms with Crippen LogP contribution in [-0.4, -0.2) is 6.29 Å². The van der Waals surface area contributed by atoms with Crippen molar-refractivity contribution in [2.45, 2.75) is 6.92 Å². The summed E-state index contributed by atoms with van der Waals surface area (Å²) in [5.41, 5.74) is 1.12. The van der Waals surface area contributed by atoms with E-state index in [1.165, 1.54) is 0 Å². The number of carbonyl (C=O) groups is 1. The zero-order valence-corrected chi connectivity index (χ0v) is 6.75. The monoisotopic (exact) mass is 164 g/mol. The Bertz CT molecular complexity index is 301. The molecule has 1 aromatic carbocycles. The standard InChI is InChI=1S/C10H9FO/c1-8(10(11)7-12)9-5-3-2-4-6-9/h2-7H,1H3/b10-8-. The molecule has 0 aliphatic heterocycles. The molecule has 0 saturated carbocycles. The Labute approximate surface area is 70.5 Å². The maximum atomic E-state index is 12.7. The summed E-state index contributed by atoms with van der Waals surface area (Å²) in [6.07, 6.45) is 0.225. The van der Waals surface area contributed by atoms with Gasteiger partial charge in [0.15, 0.2) is 12.1 Å². The number of aldehydes is 1. The Balaban J connectivity index is 3.08. The fraction of sp³-hybridized carbons (Fsp3) is 0.100. The van der Waals surface area contributed by atoms with Crippen molar-refractivity contribution in [1.29, 1.82) is 0 Å². The van der Waals surface area contributed by atoms with Crippen molar-refractivity contribution < 1.29 is 9.18 Å². The molecule has 0 saturated heterocycles. The second-order valence-electron chi connectivity index (χ2n) is 2.46. The summed E-state index contributed by atoms with van der Waals surface area (Å²) in [4.78, 5) is 10.1. The first-order valence-corrected chi connectivity index (χ1v) is 3.62. The highest BCUT2D eigenvalue weighted by Crippen LogP contribution is 2.16. The minimum absolute atomic E-state index is 0.225. The van der Waals surface area contributed by atoms with Gasteiger partial charge in [-0.05, 0) is 18.1 Å². The van der Waals surface area contributed by atoms with Gasteiger partial charge in [-0.2, -0.15) is 0 Å². The van der Waals surface area contributed by atoms with Crippen molar-refractivity contribution in [2.24, 2.45) is 0 Å². The summed E-state index contributed by atoms with van der Waals surface area (Å²) < 4.78 is 12.7. The number of benzene rings is 1. The molecule has 0 spiro atoms. The summed E-state index contributed by atoms with van der Waals surface area (Å²) in [6, 6.07) is 8.97. The third-order valence-corrected chi connectivity index (χ3v) is 1.67. The van der Waals surface area contributed by atoms with E-state index >= 15 is 0 Å². The van der Waals surface area contributed by atoms with Crippen molar-refractivity contribution >= 4 is 11.9 Å². The molecule has 0 bridgehead atoms. The molecule has 0 fully saturated rings. The van der Waals surface area contributed by atoms with Gasteiger partial charge in [-0.25, -0.2) is 4.39 Å². The number of halogens is 1. The van der Waals surface area contributed by atoms with E-state index in [1.807, 2.05) is 6.07 Å². The maximum absolute atomic E-state index is 12.7. The van der Waals surface area contributed by atoms with Crippen LogP contribution in [0.4, 0.5) is 4.39 Å². The first-order valence-electron chi connectivity index (χ1n) is 3.62. The molecular weight excluding hydrogens is 155 g/mol. The number of rotatable bonds is 2. The molecule has 0 N–H and O–H groups in total. The second-order valence-corrected chi connectivity index (χ2v) is 2.46. The van der Waals surface area contributed by atoms with Crippen molar-refractivity contribution in [3.63, 3.8) is 0 Å². The first-order chi connectivity index (χ1) is 5.75. The molecule has 0 aliphatic carbocycles. The van der Waals surface area contributed by atoms with Gasteiger partial charge < -0.3 is 0 Å². The van der Waals surface area contributed by atoms with Crippen molar-refractivity contribution in [2.75, 3.05) is 0 Å². The van der Waals surface area contributed by atoms with Crippen LogP contribution in [0.15, 0.2) is 36.2 Å². The Morgan fingerprint density at radius 1 is 1.33 bits per heavy atom. The third kappa shape index (κ3) is 1.78. The van der Waals surface area contributed by atoms with Crippen LogP contribution in [0.25, 0.3) is 5.57 Å². The van der Waals surface area contributed by atoms with Crippen LogP contribution in [0.2, 0.25) is 0 Å². The van der Waals surface area contributed by atoms with E-state index in [4.69, 9.17) is 0 Å². The highest BCUT2D eigenvalue weighted by Gasteiger charge is 2.01. The lowest BCUT2D eigenvalue weighted by Gasteiger charge is -1.98. The van der Waals surface area contributed by atoms with E-state index in [2.05, 4.69) is 0 Å². The SMILES string of the molecule is C/C(=C(/F)C=O)c1ccccc1. The number of hydrogen-bond donors (Lipinski definition) is 0. The largest absolute Gasteiger partial charge is 0.295 e. The Kier molecular flexibility index (Phi) is 2.75. The predicted octanol–water partition coefficient (Wildman–Crippen LogP) is 2.59. The molecule has 1 nitrogen and oxygen atoms in total. The Morgan fingerprint density at radius 3 is 2.42 bits per heavy atom. The van der Waals surface area contributed by atoms with Crippen molar-refractivity contribution in [3.8, 4) is 0 Å². The average Bonchev–Trinajstić information content (AvgIpc) is 2.17. The molecule has 0 atom stereocenters. The summed E-state index contributed by atoms with van der Waals surface area (Å²) in [7, 11) is 0. The highest BCUT2D eigenvalue weighted by atomic mass is 19.1. The van der Waals surface area contributed by atoms with Gasteiger partial charge >= 0.3 is 0 Å². The quantitative estimate of drug-likeness (QED) is 0.485. The zero-order valence-electron chi connectivity index (χ0n) is 6.75. The molecule has 0 heterocycles. The summed E-state index contributed by atoms with van der Waals surface area (Å²) in [5.74, 6) is -0.707. The molecular formula is C10H9FO. The van der Waals surface area contributed by atoms with Crippen LogP contribution < -0.4 is 0 Å². The molecule has 1 aromatic rings. The molecule has 0 unspecified atom stereocenters. The van der Waals surface area contributed by atoms with E-state index in [9.17, 15) is 9.18 Å². The predicted molar refractivity (Wildman–Crippen MR) is 46.2 cm³/mol. The van der Waals surface area contributed by atoms with Gasteiger partial charge in [0.25, 0.3) is 0 Å². The molecule has 0 amide bonds. The molecule has 0 aromatic heterocycles.